The predicted octanol–water partition coefficient (Wildman–Crippen LogP) is 1.26. The Kier molecular flexibility index (Phi) is 5.38. The van der Waals surface area contributed by atoms with Crippen LogP contribution in [0.2, 0.25) is 5.02 Å². The minimum atomic E-state index is -1.56. The van der Waals surface area contributed by atoms with E-state index >= 15 is 0 Å². The Morgan fingerprint density at radius 1 is 1.50 bits per heavy atom. The van der Waals surface area contributed by atoms with Crippen molar-refractivity contribution in [2.45, 2.75) is 6.04 Å². The minimum absolute atomic E-state index is 0.366. The Morgan fingerprint density at radius 3 is 2.78 bits per heavy atom. The van der Waals surface area contributed by atoms with Gasteiger partial charge in [0.1, 0.15) is 12.4 Å². The SMILES string of the molecule is O=C(COc1cccc(Cl)c1)NC(CF)C(=O)O. The predicted molar refractivity (Wildman–Crippen MR) is 62.5 cm³/mol. The average molecular weight is 276 g/mol. The van der Waals surface area contributed by atoms with Gasteiger partial charge in [-0.15, -0.1) is 0 Å². The normalized spacial score (nSPS) is 11.7. The van der Waals surface area contributed by atoms with Crippen molar-refractivity contribution < 1.29 is 23.8 Å². The van der Waals surface area contributed by atoms with Crippen LogP contribution in [-0.4, -0.2) is 36.3 Å². The zero-order valence-corrected chi connectivity index (χ0v) is 9.98. The Labute approximate surface area is 108 Å². The number of aliphatic carboxylic acids is 1. The summed E-state index contributed by atoms with van der Waals surface area (Å²) >= 11 is 5.70. The summed E-state index contributed by atoms with van der Waals surface area (Å²) in [5, 5.41) is 11.0. The molecule has 0 saturated carbocycles. The van der Waals surface area contributed by atoms with Crippen molar-refractivity contribution in [1.29, 1.82) is 0 Å². The van der Waals surface area contributed by atoms with Crippen LogP contribution in [-0.2, 0) is 9.59 Å². The number of hydrogen-bond donors (Lipinski definition) is 2. The summed E-state index contributed by atoms with van der Waals surface area (Å²) in [6.07, 6.45) is 0. The number of amides is 1. The maximum atomic E-state index is 12.2. The summed E-state index contributed by atoms with van der Waals surface area (Å²) in [6, 6.07) is 4.80. The number of carboxylic acid groups (broad SMARTS) is 1. The Morgan fingerprint density at radius 2 is 2.22 bits per heavy atom. The average Bonchev–Trinajstić information content (AvgIpc) is 2.33. The standard InChI is InChI=1S/C11H11ClFNO4/c12-7-2-1-3-8(4-7)18-6-10(15)14-9(5-13)11(16)17/h1-4,9H,5-6H2,(H,14,15)(H,16,17). The van der Waals surface area contributed by atoms with Crippen molar-refractivity contribution >= 4 is 23.5 Å². The molecule has 1 atom stereocenters. The number of hydrogen-bond acceptors (Lipinski definition) is 3. The van der Waals surface area contributed by atoms with Crippen LogP contribution in [0.1, 0.15) is 0 Å². The van der Waals surface area contributed by atoms with Crippen LogP contribution in [0.25, 0.3) is 0 Å². The van der Waals surface area contributed by atoms with Crippen molar-refractivity contribution in [3.63, 3.8) is 0 Å². The van der Waals surface area contributed by atoms with Gasteiger partial charge in [-0.2, -0.15) is 0 Å². The lowest BCUT2D eigenvalue weighted by Gasteiger charge is -2.11. The van der Waals surface area contributed by atoms with Crippen molar-refractivity contribution in [2.75, 3.05) is 13.3 Å². The molecule has 1 unspecified atom stereocenters. The van der Waals surface area contributed by atoms with E-state index in [1.807, 2.05) is 5.32 Å². The van der Waals surface area contributed by atoms with E-state index in [2.05, 4.69) is 0 Å². The zero-order chi connectivity index (χ0) is 13.5. The number of carbonyl (C=O) groups excluding carboxylic acids is 1. The first-order valence-corrected chi connectivity index (χ1v) is 5.37. The molecule has 0 radical (unpaired) electrons. The Balaban J connectivity index is 2.44. The first-order chi connectivity index (χ1) is 8.52. The number of rotatable bonds is 6. The van der Waals surface area contributed by atoms with Gasteiger partial charge in [-0.05, 0) is 18.2 Å². The van der Waals surface area contributed by atoms with Gasteiger partial charge in [-0.25, -0.2) is 9.18 Å². The second kappa shape index (κ2) is 6.80. The van der Waals surface area contributed by atoms with Gasteiger partial charge in [0.05, 0.1) is 0 Å². The maximum absolute atomic E-state index is 12.2. The molecule has 0 saturated heterocycles. The van der Waals surface area contributed by atoms with E-state index in [0.29, 0.717) is 10.8 Å². The van der Waals surface area contributed by atoms with Gasteiger partial charge in [-0.3, -0.25) is 4.79 Å². The first-order valence-electron chi connectivity index (χ1n) is 4.99. The molecule has 1 rings (SSSR count). The fraction of sp³-hybridized carbons (Fsp3) is 0.273. The van der Waals surface area contributed by atoms with Gasteiger partial charge in [0, 0.05) is 5.02 Å². The van der Waals surface area contributed by atoms with Gasteiger partial charge in [-0.1, -0.05) is 17.7 Å². The highest BCUT2D eigenvalue weighted by atomic mass is 35.5. The molecule has 7 heteroatoms. The highest BCUT2D eigenvalue weighted by Gasteiger charge is 2.19. The minimum Gasteiger partial charge on any atom is -0.484 e. The van der Waals surface area contributed by atoms with E-state index in [0.717, 1.165) is 0 Å². The number of alkyl halides is 1. The highest BCUT2D eigenvalue weighted by Crippen LogP contribution is 2.16. The number of halogens is 2. The fourth-order valence-electron chi connectivity index (χ4n) is 1.11. The number of nitrogens with one attached hydrogen (secondary N) is 1. The third kappa shape index (κ3) is 4.58. The topological polar surface area (TPSA) is 75.6 Å². The van der Waals surface area contributed by atoms with Crippen molar-refractivity contribution in [3.8, 4) is 5.75 Å². The van der Waals surface area contributed by atoms with Crippen LogP contribution < -0.4 is 10.1 Å². The molecule has 0 heterocycles. The lowest BCUT2D eigenvalue weighted by molar-refractivity contribution is -0.142. The summed E-state index contributed by atoms with van der Waals surface area (Å²) in [6.45, 7) is -1.59. The van der Waals surface area contributed by atoms with E-state index in [9.17, 15) is 14.0 Å². The molecule has 0 aromatic heterocycles. The van der Waals surface area contributed by atoms with Crippen LogP contribution >= 0.6 is 11.6 Å². The largest absolute Gasteiger partial charge is 0.484 e. The van der Waals surface area contributed by atoms with E-state index in [1.165, 1.54) is 6.07 Å². The van der Waals surface area contributed by atoms with E-state index in [-0.39, 0.29) is 0 Å². The third-order valence-corrected chi connectivity index (χ3v) is 2.19. The third-order valence-electron chi connectivity index (χ3n) is 1.95. The van der Waals surface area contributed by atoms with Crippen LogP contribution in [0.5, 0.6) is 5.75 Å². The van der Waals surface area contributed by atoms with Crippen molar-refractivity contribution in [1.82, 2.24) is 5.32 Å². The van der Waals surface area contributed by atoms with Gasteiger partial charge < -0.3 is 15.2 Å². The summed E-state index contributed by atoms with van der Waals surface area (Å²) in [5.74, 6) is -1.79. The number of ether oxygens (including phenoxy) is 1. The monoisotopic (exact) mass is 275 g/mol. The molecule has 0 aliphatic heterocycles. The van der Waals surface area contributed by atoms with Crippen LogP contribution in [0, 0.1) is 0 Å². The molecule has 18 heavy (non-hydrogen) atoms. The van der Waals surface area contributed by atoms with Gasteiger partial charge in [0.15, 0.2) is 12.6 Å². The number of carboxylic acids is 1. The van der Waals surface area contributed by atoms with Crippen LogP contribution in [0.15, 0.2) is 24.3 Å². The molecule has 1 aromatic rings. The van der Waals surface area contributed by atoms with Gasteiger partial charge >= 0.3 is 5.97 Å². The summed E-state index contributed by atoms with van der Waals surface area (Å²) < 4.78 is 17.3. The molecular weight excluding hydrogens is 265 g/mol. The van der Waals surface area contributed by atoms with Crippen molar-refractivity contribution in [2.24, 2.45) is 0 Å². The lowest BCUT2D eigenvalue weighted by atomic mass is 10.3. The quantitative estimate of drug-likeness (QED) is 0.819. The van der Waals surface area contributed by atoms with E-state index in [4.69, 9.17) is 21.4 Å². The number of carbonyl (C=O) groups is 2. The Bertz CT molecular complexity index is 441. The first kappa shape index (κ1) is 14.2. The van der Waals surface area contributed by atoms with Crippen LogP contribution in [0.4, 0.5) is 4.39 Å². The zero-order valence-electron chi connectivity index (χ0n) is 9.23. The summed E-state index contributed by atoms with van der Waals surface area (Å²) in [7, 11) is 0. The molecule has 98 valence electrons. The van der Waals surface area contributed by atoms with Crippen molar-refractivity contribution in [3.05, 3.63) is 29.3 Å². The van der Waals surface area contributed by atoms with Gasteiger partial charge in [0.25, 0.3) is 5.91 Å². The molecule has 1 amide bonds. The molecule has 0 fully saturated rings. The molecule has 0 aliphatic rings. The second-order valence-electron chi connectivity index (χ2n) is 3.36. The van der Waals surface area contributed by atoms with Crippen LogP contribution in [0.3, 0.4) is 0 Å². The lowest BCUT2D eigenvalue weighted by Crippen LogP contribution is -2.44. The molecular formula is C11H11ClFNO4. The molecule has 0 bridgehead atoms. The van der Waals surface area contributed by atoms with Gasteiger partial charge in [0.2, 0.25) is 0 Å². The second-order valence-corrected chi connectivity index (χ2v) is 3.80. The smallest absolute Gasteiger partial charge is 0.328 e. The molecule has 0 spiro atoms. The summed E-state index contributed by atoms with van der Waals surface area (Å²) in [5.41, 5.74) is 0. The molecule has 5 nitrogen and oxygen atoms in total. The van der Waals surface area contributed by atoms with E-state index in [1.54, 1.807) is 18.2 Å². The van der Waals surface area contributed by atoms with E-state index < -0.39 is 31.2 Å². The fourth-order valence-corrected chi connectivity index (χ4v) is 1.29. The summed E-state index contributed by atoms with van der Waals surface area (Å²) in [4.78, 5) is 21.7. The molecule has 1 aromatic carbocycles. The molecule has 0 aliphatic carbocycles. The highest BCUT2D eigenvalue weighted by molar-refractivity contribution is 6.30. The molecule has 2 N–H and O–H groups in total. The maximum Gasteiger partial charge on any atom is 0.328 e. The number of benzene rings is 1. The Hall–Kier alpha value is -1.82.